The average molecular weight is 1110 g/mol. The molecule has 7 rings (SSSR count). The standard InChI is InChI=1S/C24BF20.C20H18IOS/c26-5-1(6(27)14(35)21(42)13(5)34)25(2-7(28)15(36)22(43)16(37)8(2)29,3-9(30)17(38)23(44)18(39)10(3)31)4-11(32)19(40)24(45)20(41)12(4)33;1-3-9-17(10-4-1)21-19-13-7-8-14-20(19)23-16-15-22-18-11-5-2-6-12-18/h;1-14H,15-16H2/q-1;+1. The third kappa shape index (κ3) is 9.07. The second-order valence-corrected chi connectivity index (χ2v) is 17.7. The van der Waals surface area contributed by atoms with Crippen molar-refractivity contribution in [3.05, 3.63) is 208 Å². The van der Waals surface area contributed by atoms with Gasteiger partial charge in [-0.25, -0.2) is 87.8 Å². The van der Waals surface area contributed by atoms with Crippen LogP contribution in [0.3, 0.4) is 0 Å². The molecular weight excluding hydrogens is 1090 g/mol. The van der Waals surface area contributed by atoms with Gasteiger partial charge in [0.15, 0.2) is 73.4 Å². The molecule has 0 aromatic heterocycles. The maximum atomic E-state index is 15.4. The zero-order chi connectivity index (χ0) is 50.1. The number of halogens is 21. The summed E-state index contributed by atoms with van der Waals surface area (Å²) in [5.41, 5.74) is -14.3. The van der Waals surface area contributed by atoms with Gasteiger partial charge in [-0.15, -0.1) is 33.6 Å². The van der Waals surface area contributed by atoms with Crippen molar-refractivity contribution in [2.24, 2.45) is 0 Å². The topological polar surface area (TPSA) is 9.23 Å². The van der Waals surface area contributed by atoms with E-state index in [1.807, 2.05) is 42.1 Å². The molecule has 24 heteroatoms. The van der Waals surface area contributed by atoms with Crippen molar-refractivity contribution in [3.63, 3.8) is 0 Å². The number of benzene rings is 7. The second-order valence-electron chi connectivity index (χ2n) is 13.6. The van der Waals surface area contributed by atoms with Gasteiger partial charge in [0, 0.05) is 5.75 Å². The summed E-state index contributed by atoms with van der Waals surface area (Å²) >= 11 is 1.77. The first-order valence-corrected chi connectivity index (χ1v) is 21.6. The molecule has 0 aliphatic heterocycles. The van der Waals surface area contributed by atoms with Crippen LogP contribution in [-0.4, -0.2) is 18.5 Å². The SMILES string of the molecule is Fc1c(F)c(F)c([B-](c2c(F)c(F)c(F)c(F)c2F)(c2c(F)c(F)c(F)c(F)c2F)c2c(F)c(F)c(F)c(F)c2F)c(F)c1F.c1ccc(OCCSc2ccccc2[I+]c2ccccc2)cc1. The molecule has 0 aliphatic rings. The van der Waals surface area contributed by atoms with Gasteiger partial charge in [-0.3, -0.25) is 0 Å². The Morgan fingerprint density at radius 3 is 0.956 bits per heavy atom. The maximum absolute atomic E-state index is 15.4. The van der Waals surface area contributed by atoms with Crippen molar-refractivity contribution in [2.75, 3.05) is 12.4 Å². The third-order valence-corrected chi connectivity index (χ3v) is 14.1. The van der Waals surface area contributed by atoms with Crippen LogP contribution < -0.4 is 47.8 Å². The maximum Gasteiger partial charge on any atom is 0.359 e. The van der Waals surface area contributed by atoms with E-state index in [0.29, 0.717) is 0 Å². The quantitative estimate of drug-likeness (QED) is 0.0249. The number of thioether (sulfide) groups is 1. The Kier molecular flexibility index (Phi) is 15.7. The molecule has 0 spiro atoms. The lowest BCUT2D eigenvalue weighted by Crippen LogP contribution is -3.61. The fraction of sp³-hybridized carbons (Fsp3) is 0.0455. The minimum atomic E-state index is -7.22. The van der Waals surface area contributed by atoms with Crippen LogP contribution in [0.2, 0.25) is 0 Å². The minimum Gasteiger partial charge on any atom is -0.493 e. The Bertz CT molecular complexity index is 2670. The van der Waals surface area contributed by atoms with Crippen LogP contribution in [0.15, 0.2) is 89.8 Å². The smallest absolute Gasteiger partial charge is 0.359 e. The third-order valence-electron chi connectivity index (χ3n) is 9.84. The summed E-state index contributed by atoms with van der Waals surface area (Å²) in [6, 6.07) is 29.5. The Morgan fingerprint density at radius 2 is 0.618 bits per heavy atom. The van der Waals surface area contributed by atoms with Crippen molar-refractivity contribution < 1.29 is 114 Å². The van der Waals surface area contributed by atoms with E-state index >= 15 is 35.1 Å². The van der Waals surface area contributed by atoms with Crippen molar-refractivity contribution in [1.29, 1.82) is 0 Å². The first-order chi connectivity index (χ1) is 32.1. The molecule has 1 nitrogen and oxygen atoms in total. The Balaban J connectivity index is 0.000000276. The van der Waals surface area contributed by atoms with Gasteiger partial charge in [0.05, 0.1) is 11.5 Å². The zero-order valence-corrected chi connectivity index (χ0v) is 35.8. The van der Waals surface area contributed by atoms with Crippen molar-refractivity contribution in [3.8, 4) is 5.75 Å². The van der Waals surface area contributed by atoms with E-state index in [1.165, 1.54) is 12.0 Å². The highest BCUT2D eigenvalue weighted by Crippen LogP contribution is 2.31. The van der Waals surface area contributed by atoms with Gasteiger partial charge in [-0.05, 0) is 36.4 Å². The number of ether oxygens (including phenoxy) is 1. The van der Waals surface area contributed by atoms with E-state index in [1.54, 1.807) is 0 Å². The van der Waals surface area contributed by atoms with Crippen LogP contribution in [-0.2, 0) is 0 Å². The second kappa shape index (κ2) is 20.8. The van der Waals surface area contributed by atoms with Crippen LogP contribution in [0.5, 0.6) is 5.75 Å². The summed E-state index contributed by atoms with van der Waals surface area (Å²) in [5.74, 6) is -69.5. The Morgan fingerprint density at radius 1 is 0.338 bits per heavy atom. The van der Waals surface area contributed by atoms with Crippen molar-refractivity contribution in [2.45, 2.75) is 4.90 Å². The predicted molar refractivity (Wildman–Crippen MR) is 202 cm³/mol. The number of rotatable bonds is 11. The highest BCUT2D eigenvalue weighted by molar-refractivity contribution is 7.99. The summed E-state index contributed by atoms with van der Waals surface area (Å²) in [7, 11) is 0. The molecule has 0 heterocycles. The van der Waals surface area contributed by atoms with Crippen molar-refractivity contribution >= 4 is 39.8 Å². The molecule has 0 saturated heterocycles. The normalized spacial score (nSPS) is 11.5. The molecule has 0 fully saturated rings. The molecule has 0 saturated carbocycles. The first kappa shape index (κ1) is 51.5. The highest BCUT2D eigenvalue weighted by atomic mass is 127. The molecule has 0 radical (unpaired) electrons. The fourth-order valence-corrected chi connectivity index (χ4v) is 10.7. The van der Waals surface area contributed by atoms with E-state index in [4.69, 9.17) is 4.74 Å². The summed E-state index contributed by atoms with van der Waals surface area (Å²) < 4.78 is 303. The highest BCUT2D eigenvalue weighted by Gasteiger charge is 2.52. The number of hydrogen-bond acceptors (Lipinski definition) is 2. The summed E-state index contributed by atoms with van der Waals surface area (Å²) in [6.45, 7) is 0.729. The van der Waals surface area contributed by atoms with E-state index in [0.717, 1.165) is 18.1 Å². The molecule has 7 aromatic carbocycles. The van der Waals surface area contributed by atoms with Crippen LogP contribution >= 0.6 is 11.8 Å². The number of para-hydroxylation sites is 1. The molecule has 0 amide bonds. The van der Waals surface area contributed by atoms with Crippen LogP contribution in [0, 0.1) is 123 Å². The summed E-state index contributed by atoms with van der Waals surface area (Å²) in [5, 5.41) is 0. The Labute approximate surface area is 383 Å². The monoisotopic (exact) mass is 1110 g/mol. The largest absolute Gasteiger partial charge is 0.493 e. The number of hydrogen-bond donors (Lipinski definition) is 0. The average Bonchev–Trinajstić information content (AvgIpc) is 3.34. The van der Waals surface area contributed by atoms with Gasteiger partial charge in [0.2, 0.25) is 3.57 Å². The molecule has 0 bridgehead atoms. The lowest BCUT2D eigenvalue weighted by molar-refractivity contribution is -0.601. The van der Waals surface area contributed by atoms with Gasteiger partial charge in [0.1, 0.15) is 58.4 Å². The van der Waals surface area contributed by atoms with Gasteiger partial charge >= 0.3 is 21.2 Å². The minimum absolute atomic E-state index is 0.121. The lowest BCUT2D eigenvalue weighted by atomic mass is 9.12. The zero-order valence-electron chi connectivity index (χ0n) is 32.8. The fourth-order valence-electron chi connectivity index (χ4n) is 6.94. The van der Waals surface area contributed by atoms with Crippen molar-refractivity contribution in [1.82, 2.24) is 0 Å². The molecule has 0 unspecified atom stereocenters. The van der Waals surface area contributed by atoms with Gasteiger partial charge in [-0.1, -0.05) is 48.5 Å². The molecule has 7 aromatic rings. The Hall–Kier alpha value is -5.92. The van der Waals surface area contributed by atoms with Crippen LogP contribution in [0.1, 0.15) is 0 Å². The molecule has 0 aliphatic carbocycles. The first-order valence-electron chi connectivity index (χ1n) is 18.4. The molecule has 0 N–H and O–H groups in total. The predicted octanol–water partition coefficient (Wildman–Crippen LogP) is 7.83. The van der Waals surface area contributed by atoms with Gasteiger partial charge in [-0.2, -0.15) is 0 Å². The lowest BCUT2D eigenvalue weighted by Gasteiger charge is -2.44. The molecule has 68 heavy (non-hydrogen) atoms. The summed E-state index contributed by atoms with van der Waals surface area (Å²) in [4.78, 5) is 1.39. The van der Waals surface area contributed by atoms with E-state index < -0.39 is 144 Å². The molecule has 0 atom stereocenters. The van der Waals surface area contributed by atoms with Crippen LogP contribution in [0.25, 0.3) is 0 Å². The van der Waals surface area contributed by atoms with Gasteiger partial charge < -0.3 is 4.74 Å². The summed E-state index contributed by atoms with van der Waals surface area (Å²) in [6.07, 6.45) is -7.22. The van der Waals surface area contributed by atoms with E-state index in [2.05, 4.69) is 54.6 Å². The van der Waals surface area contributed by atoms with E-state index in [9.17, 15) is 52.7 Å². The van der Waals surface area contributed by atoms with E-state index in [-0.39, 0.29) is 21.2 Å². The van der Waals surface area contributed by atoms with Crippen LogP contribution in [0.4, 0.5) is 87.8 Å². The molecule has 356 valence electrons. The molecular formula is C44H18BF20IOS. The van der Waals surface area contributed by atoms with Gasteiger partial charge in [0.25, 0.3) is 0 Å².